The molecule has 1 saturated heterocycles. The van der Waals surface area contributed by atoms with Crippen molar-refractivity contribution in [1.82, 2.24) is 14.5 Å². The molecular weight excluding hydrogens is 304 g/mol. The number of likely N-dealkylation sites (tertiary alicyclic amines) is 1. The fourth-order valence-corrected chi connectivity index (χ4v) is 3.02. The lowest BCUT2D eigenvalue weighted by Crippen LogP contribution is -2.40. The highest BCUT2D eigenvalue weighted by Gasteiger charge is 2.26. The lowest BCUT2D eigenvalue weighted by molar-refractivity contribution is -0.121. The minimum atomic E-state index is -0.0488. The first-order valence-electron chi connectivity index (χ1n) is 8.21. The van der Waals surface area contributed by atoms with Gasteiger partial charge in [0.05, 0.1) is 5.92 Å². The molecule has 2 aromatic rings. The number of hydrogen-bond acceptors (Lipinski definition) is 4. The predicted molar refractivity (Wildman–Crippen MR) is 92.6 cm³/mol. The zero-order chi connectivity index (χ0) is 16.9. The summed E-state index contributed by atoms with van der Waals surface area (Å²) in [5, 5.41) is 2.88. The summed E-state index contributed by atoms with van der Waals surface area (Å²) in [5.41, 5.74) is 0.984. The minimum absolute atomic E-state index is 0.00560. The van der Waals surface area contributed by atoms with E-state index in [9.17, 15) is 9.59 Å². The molecule has 1 fully saturated rings. The molecule has 1 atom stereocenters. The van der Waals surface area contributed by atoms with Crippen molar-refractivity contribution in [3.8, 4) is 0 Å². The molecule has 3 rings (SSSR count). The summed E-state index contributed by atoms with van der Waals surface area (Å²) in [6.07, 6.45) is 5.31. The van der Waals surface area contributed by atoms with Gasteiger partial charge in [0.15, 0.2) is 0 Å². The van der Waals surface area contributed by atoms with E-state index in [0.717, 1.165) is 24.9 Å². The number of pyridine rings is 2. The molecular formula is C18H22N4O2. The number of aryl methyl sites for hydroxylation is 1. The summed E-state index contributed by atoms with van der Waals surface area (Å²) in [5.74, 6) is 0.556. The van der Waals surface area contributed by atoms with Gasteiger partial charge in [0.1, 0.15) is 5.82 Å². The van der Waals surface area contributed by atoms with Crippen LogP contribution in [-0.2, 0) is 18.4 Å². The van der Waals surface area contributed by atoms with E-state index in [1.165, 1.54) is 0 Å². The number of nitrogens with zero attached hydrogens (tertiary/aromatic N) is 3. The van der Waals surface area contributed by atoms with E-state index in [4.69, 9.17) is 0 Å². The SMILES string of the molecule is Cn1ccc(CN2CCC[C@H](C(=O)Nc3ccccn3)C2)cc1=O. The molecule has 0 bridgehead atoms. The van der Waals surface area contributed by atoms with Crippen molar-refractivity contribution in [2.45, 2.75) is 19.4 Å². The molecule has 6 heteroatoms. The molecule has 0 unspecified atom stereocenters. The number of nitrogens with one attached hydrogen (secondary N) is 1. The van der Waals surface area contributed by atoms with E-state index in [2.05, 4.69) is 15.2 Å². The Kier molecular flexibility index (Phi) is 5.05. The van der Waals surface area contributed by atoms with Gasteiger partial charge >= 0.3 is 0 Å². The van der Waals surface area contributed by atoms with Crippen LogP contribution in [0, 0.1) is 5.92 Å². The first-order valence-corrected chi connectivity index (χ1v) is 8.21. The fourth-order valence-electron chi connectivity index (χ4n) is 3.02. The Bertz CT molecular complexity index is 757. The van der Waals surface area contributed by atoms with E-state index in [0.29, 0.717) is 18.9 Å². The third kappa shape index (κ3) is 4.08. The Hall–Kier alpha value is -2.47. The van der Waals surface area contributed by atoms with E-state index in [-0.39, 0.29) is 17.4 Å². The second kappa shape index (κ2) is 7.40. The maximum Gasteiger partial charge on any atom is 0.250 e. The van der Waals surface area contributed by atoms with Gasteiger partial charge < -0.3 is 9.88 Å². The molecule has 1 aliphatic heterocycles. The zero-order valence-corrected chi connectivity index (χ0v) is 13.8. The van der Waals surface area contributed by atoms with E-state index < -0.39 is 0 Å². The molecule has 24 heavy (non-hydrogen) atoms. The number of anilines is 1. The van der Waals surface area contributed by atoms with E-state index in [1.807, 2.05) is 18.2 Å². The average Bonchev–Trinajstić information content (AvgIpc) is 2.59. The minimum Gasteiger partial charge on any atom is -0.319 e. The molecule has 1 aliphatic rings. The number of piperidine rings is 1. The fraction of sp³-hybridized carbons (Fsp3) is 0.389. The standard InChI is InChI=1S/C18H22N4O2/c1-21-10-7-14(11-17(21)23)12-22-9-4-5-15(13-22)18(24)20-16-6-2-3-8-19-16/h2-3,6-8,10-11,15H,4-5,9,12-13H2,1H3,(H,19,20,24)/t15-/m0/s1. The van der Waals surface area contributed by atoms with Crippen LogP contribution < -0.4 is 10.9 Å². The molecule has 0 spiro atoms. The van der Waals surface area contributed by atoms with Crippen LogP contribution in [0.1, 0.15) is 18.4 Å². The van der Waals surface area contributed by atoms with Gasteiger partial charge in [-0.2, -0.15) is 0 Å². The molecule has 0 radical (unpaired) electrons. The molecule has 2 aromatic heterocycles. The van der Waals surface area contributed by atoms with E-state index in [1.54, 1.807) is 36.1 Å². The van der Waals surface area contributed by atoms with Gasteiger partial charge in [0.2, 0.25) is 5.91 Å². The number of rotatable bonds is 4. The number of carbonyl (C=O) groups excluding carboxylic acids is 1. The Morgan fingerprint density at radius 2 is 2.25 bits per heavy atom. The van der Waals surface area contributed by atoms with Gasteiger partial charge in [0.25, 0.3) is 5.56 Å². The third-order valence-electron chi connectivity index (χ3n) is 4.37. The molecule has 1 amide bonds. The first kappa shape index (κ1) is 16.4. The van der Waals surface area contributed by atoms with Gasteiger partial charge in [0, 0.05) is 38.6 Å². The van der Waals surface area contributed by atoms with Crippen LogP contribution >= 0.6 is 0 Å². The summed E-state index contributed by atoms with van der Waals surface area (Å²) in [7, 11) is 1.74. The van der Waals surface area contributed by atoms with Crippen molar-refractivity contribution in [2.24, 2.45) is 13.0 Å². The maximum atomic E-state index is 12.4. The highest BCUT2D eigenvalue weighted by Crippen LogP contribution is 2.19. The first-order chi connectivity index (χ1) is 11.6. The summed E-state index contributed by atoms with van der Waals surface area (Å²) in [6.45, 7) is 2.35. The van der Waals surface area contributed by atoms with Gasteiger partial charge in [-0.15, -0.1) is 0 Å². The molecule has 0 saturated carbocycles. The second-order valence-electron chi connectivity index (χ2n) is 6.26. The van der Waals surface area contributed by atoms with Crippen molar-refractivity contribution < 1.29 is 4.79 Å². The maximum absolute atomic E-state index is 12.4. The van der Waals surface area contributed by atoms with Crippen LogP contribution in [0.5, 0.6) is 0 Å². The molecule has 6 nitrogen and oxygen atoms in total. The highest BCUT2D eigenvalue weighted by molar-refractivity contribution is 5.91. The number of carbonyl (C=O) groups is 1. The Morgan fingerprint density at radius 1 is 1.38 bits per heavy atom. The van der Waals surface area contributed by atoms with Crippen LogP contribution in [0.25, 0.3) is 0 Å². The average molecular weight is 326 g/mol. The highest BCUT2D eigenvalue weighted by atomic mass is 16.2. The third-order valence-corrected chi connectivity index (χ3v) is 4.37. The zero-order valence-electron chi connectivity index (χ0n) is 13.8. The molecule has 126 valence electrons. The van der Waals surface area contributed by atoms with Crippen LogP contribution in [0.15, 0.2) is 47.5 Å². The second-order valence-corrected chi connectivity index (χ2v) is 6.26. The molecule has 0 aliphatic carbocycles. The quantitative estimate of drug-likeness (QED) is 0.927. The van der Waals surface area contributed by atoms with Crippen molar-refractivity contribution in [2.75, 3.05) is 18.4 Å². The lowest BCUT2D eigenvalue weighted by atomic mass is 9.96. The lowest BCUT2D eigenvalue weighted by Gasteiger charge is -2.31. The Balaban J connectivity index is 1.60. The predicted octanol–water partition coefficient (Wildman–Crippen LogP) is 1.63. The number of amides is 1. The Morgan fingerprint density at radius 3 is 3.00 bits per heavy atom. The van der Waals surface area contributed by atoms with Crippen LogP contribution in [0.3, 0.4) is 0 Å². The van der Waals surface area contributed by atoms with Gasteiger partial charge in [-0.05, 0) is 43.1 Å². The summed E-state index contributed by atoms with van der Waals surface area (Å²) < 4.78 is 1.56. The van der Waals surface area contributed by atoms with Crippen molar-refractivity contribution in [3.05, 3.63) is 58.6 Å². The largest absolute Gasteiger partial charge is 0.319 e. The van der Waals surface area contributed by atoms with E-state index >= 15 is 0 Å². The molecule has 1 N–H and O–H groups in total. The van der Waals surface area contributed by atoms with Crippen molar-refractivity contribution in [1.29, 1.82) is 0 Å². The Labute approximate surface area is 141 Å². The summed E-state index contributed by atoms with van der Waals surface area (Å²) in [6, 6.07) is 9.09. The summed E-state index contributed by atoms with van der Waals surface area (Å²) >= 11 is 0. The smallest absolute Gasteiger partial charge is 0.250 e. The van der Waals surface area contributed by atoms with Crippen molar-refractivity contribution in [3.63, 3.8) is 0 Å². The number of aromatic nitrogens is 2. The van der Waals surface area contributed by atoms with Gasteiger partial charge in [-0.25, -0.2) is 4.98 Å². The van der Waals surface area contributed by atoms with Crippen LogP contribution in [0.4, 0.5) is 5.82 Å². The van der Waals surface area contributed by atoms with Crippen molar-refractivity contribution >= 4 is 11.7 Å². The molecule has 0 aromatic carbocycles. The monoisotopic (exact) mass is 326 g/mol. The normalized spacial score (nSPS) is 18.3. The summed E-state index contributed by atoms with van der Waals surface area (Å²) in [4.78, 5) is 30.5. The topological polar surface area (TPSA) is 67.2 Å². The van der Waals surface area contributed by atoms with Gasteiger partial charge in [-0.3, -0.25) is 14.5 Å². The molecule has 3 heterocycles. The number of hydrogen-bond donors (Lipinski definition) is 1. The van der Waals surface area contributed by atoms with Crippen LogP contribution in [0.2, 0.25) is 0 Å². The van der Waals surface area contributed by atoms with Gasteiger partial charge in [-0.1, -0.05) is 6.07 Å². The van der Waals surface area contributed by atoms with Crippen LogP contribution in [-0.4, -0.2) is 33.4 Å².